The van der Waals surface area contributed by atoms with Gasteiger partial charge in [0.05, 0.1) is 25.2 Å². The number of ether oxygens (including phenoxy) is 2. The SMILES string of the molecule is CCOC(=O)/C(=C(/O)OCC)[C@H]1C(=O)N(Cc2ccccc2)C[C@@H]1/C=C1/C=CC=[O+]1. The molecular formula is C23H26NO6+. The molecule has 2 heterocycles. The molecule has 3 rings (SSSR count). The van der Waals surface area contributed by atoms with Crippen LogP contribution in [0.25, 0.3) is 0 Å². The third-order valence-corrected chi connectivity index (χ3v) is 4.89. The zero-order valence-electron chi connectivity index (χ0n) is 17.1. The molecule has 1 aromatic rings. The number of rotatable bonds is 8. The summed E-state index contributed by atoms with van der Waals surface area (Å²) < 4.78 is 15.7. The van der Waals surface area contributed by atoms with Crippen LogP contribution in [0.1, 0.15) is 19.4 Å². The van der Waals surface area contributed by atoms with Crippen LogP contribution in [-0.4, -0.2) is 47.9 Å². The highest BCUT2D eigenvalue weighted by Crippen LogP contribution is 2.36. The Bertz CT molecular complexity index is 886. The van der Waals surface area contributed by atoms with E-state index in [1.807, 2.05) is 30.3 Å². The second-order valence-corrected chi connectivity index (χ2v) is 6.90. The molecule has 0 spiro atoms. The molecule has 0 aliphatic carbocycles. The first-order valence-corrected chi connectivity index (χ1v) is 9.99. The molecule has 1 N–H and O–H groups in total. The molecule has 30 heavy (non-hydrogen) atoms. The van der Waals surface area contributed by atoms with Crippen LogP contribution in [-0.2, 0) is 30.0 Å². The lowest BCUT2D eigenvalue weighted by Crippen LogP contribution is -2.30. The fourth-order valence-corrected chi connectivity index (χ4v) is 3.63. The lowest BCUT2D eigenvalue weighted by Gasteiger charge is -2.18. The minimum Gasteiger partial charge on any atom is -0.481 e. The third kappa shape index (κ3) is 4.79. The van der Waals surface area contributed by atoms with Crippen molar-refractivity contribution in [3.05, 3.63) is 71.4 Å². The van der Waals surface area contributed by atoms with Crippen LogP contribution < -0.4 is 0 Å². The van der Waals surface area contributed by atoms with Crippen molar-refractivity contribution in [1.82, 2.24) is 4.90 Å². The van der Waals surface area contributed by atoms with E-state index in [1.165, 1.54) is 0 Å². The van der Waals surface area contributed by atoms with Gasteiger partial charge in [-0.1, -0.05) is 30.3 Å². The summed E-state index contributed by atoms with van der Waals surface area (Å²) in [4.78, 5) is 27.7. The molecule has 0 radical (unpaired) electrons. The number of allylic oxidation sites excluding steroid dienone is 2. The van der Waals surface area contributed by atoms with Crippen molar-refractivity contribution >= 4 is 18.2 Å². The van der Waals surface area contributed by atoms with E-state index in [1.54, 1.807) is 43.3 Å². The van der Waals surface area contributed by atoms with Crippen LogP contribution >= 0.6 is 0 Å². The topological polar surface area (TPSA) is 87.4 Å². The second-order valence-electron chi connectivity index (χ2n) is 6.90. The molecule has 1 saturated heterocycles. The molecule has 0 aromatic heterocycles. The number of hydrogen-bond donors (Lipinski definition) is 1. The van der Waals surface area contributed by atoms with Crippen LogP contribution in [0.2, 0.25) is 0 Å². The molecule has 2 aliphatic heterocycles. The highest BCUT2D eigenvalue weighted by Gasteiger charge is 2.47. The first-order chi connectivity index (χ1) is 14.5. The molecule has 2 atom stereocenters. The highest BCUT2D eigenvalue weighted by molar-refractivity contribution is 5.98. The quantitative estimate of drug-likeness (QED) is 0.233. The van der Waals surface area contributed by atoms with Crippen molar-refractivity contribution in [3.63, 3.8) is 0 Å². The number of nitrogens with zero attached hydrogens (tertiary/aromatic N) is 1. The summed E-state index contributed by atoms with van der Waals surface area (Å²) in [6.07, 6.45) is 6.86. The van der Waals surface area contributed by atoms with Gasteiger partial charge < -0.3 is 19.5 Å². The standard InChI is InChI=1S/C23H25NO6/c1-3-28-22(26)20(23(27)29-4-2)19-17(13-18-11-8-12-30-18)15-24(21(19)25)14-16-9-6-5-7-10-16/h5-13,17,19H,3-4,14-15H2,1-2H3/p+1/b18-13-/t17-,19-/m0/s1. The second kappa shape index (κ2) is 9.91. The van der Waals surface area contributed by atoms with E-state index >= 15 is 0 Å². The minimum absolute atomic E-state index is 0.114. The number of amides is 1. The molecule has 1 amide bonds. The molecule has 158 valence electrons. The summed E-state index contributed by atoms with van der Waals surface area (Å²) in [6, 6.07) is 9.60. The van der Waals surface area contributed by atoms with Gasteiger partial charge in [-0.15, -0.1) is 0 Å². The van der Waals surface area contributed by atoms with Crippen molar-refractivity contribution in [2.24, 2.45) is 11.8 Å². The van der Waals surface area contributed by atoms with Gasteiger partial charge in [0.25, 0.3) is 5.95 Å². The number of carbonyl (C=O) groups excluding carboxylic acids is 3. The van der Waals surface area contributed by atoms with Gasteiger partial charge in [0, 0.05) is 31.2 Å². The molecule has 0 saturated carbocycles. The first kappa shape index (κ1) is 21.4. The van der Waals surface area contributed by atoms with E-state index in [4.69, 9.17) is 13.9 Å². The van der Waals surface area contributed by atoms with Crippen LogP contribution in [0.5, 0.6) is 0 Å². The third-order valence-electron chi connectivity index (χ3n) is 4.89. The Labute approximate surface area is 175 Å². The Morgan fingerprint density at radius 3 is 2.60 bits per heavy atom. The van der Waals surface area contributed by atoms with Gasteiger partial charge in [0.2, 0.25) is 5.91 Å². The molecule has 0 unspecified atom stereocenters. The fourth-order valence-electron chi connectivity index (χ4n) is 3.63. The summed E-state index contributed by atoms with van der Waals surface area (Å²) in [5.74, 6) is -2.38. The Morgan fingerprint density at radius 1 is 1.23 bits per heavy atom. The van der Waals surface area contributed by atoms with Gasteiger partial charge in [0.1, 0.15) is 5.57 Å². The predicted molar refractivity (Wildman–Crippen MR) is 110 cm³/mol. The number of carbonyl (C=O) groups is 2. The fraction of sp³-hybridized carbons (Fsp3) is 0.348. The van der Waals surface area contributed by atoms with Crippen molar-refractivity contribution in [1.29, 1.82) is 0 Å². The van der Waals surface area contributed by atoms with Gasteiger partial charge >= 0.3 is 18.0 Å². The van der Waals surface area contributed by atoms with E-state index in [-0.39, 0.29) is 24.7 Å². The van der Waals surface area contributed by atoms with Crippen molar-refractivity contribution in [2.75, 3.05) is 19.8 Å². The van der Waals surface area contributed by atoms with Crippen LogP contribution in [0.3, 0.4) is 0 Å². The van der Waals surface area contributed by atoms with Gasteiger partial charge in [-0.3, -0.25) is 4.79 Å². The van der Waals surface area contributed by atoms with Gasteiger partial charge in [-0.25, -0.2) is 9.22 Å². The molecule has 2 aliphatic rings. The first-order valence-electron chi connectivity index (χ1n) is 9.99. The number of aliphatic hydroxyl groups excluding tert-OH is 1. The predicted octanol–water partition coefficient (Wildman–Crippen LogP) is 2.82. The van der Waals surface area contributed by atoms with E-state index in [9.17, 15) is 14.7 Å². The maximum Gasteiger partial charge on any atom is 0.349 e. The average molecular weight is 412 g/mol. The summed E-state index contributed by atoms with van der Waals surface area (Å²) in [6.45, 7) is 4.37. The lowest BCUT2D eigenvalue weighted by atomic mass is 9.87. The van der Waals surface area contributed by atoms with Crippen molar-refractivity contribution in [2.45, 2.75) is 20.4 Å². The van der Waals surface area contributed by atoms with Crippen LogP contribution in [0, 0.1) is 11.8 Å². The van der Waals surface area contributed by atoms with E-state index < -0.39 is 23.8 Å². The zero-order valence-corrected chi connectivity index (χ0v) is 17.1. The highest BCUT2D eigenvalue weighted by atomic mass is 16.6. The Hall–Kier alpha value is -3.35. The normalized spacial score (nSPS) is 22.5. The summed E-state index contributed by atoms with van der Waals surface area (Å²) in [7, 11) is 0. The molecule has 7 heteroatoms. The van der Waals surface area contributed by atoms with Crippen molar-refractivity contribution < 1.29 is 28.6 Å². The average Bonchev–Trinajstić information content (AvgIpc) is 3.34. The Balaban J connectivity index is 1.99. The summed E-state index contributed by atoms with van der Waals surface area (Å²) >= 11 is 0. The van der Waals surface area contributed by atoms with Gasteiger partial charge in [-0.2, -0.15) is 0 Å². The smallest absolute Gasteiger partial charge is 0.349 e. The zero-order chi connectivity index (χ0) is 21.5. The molecular weight excluding hydrogens is 386 g/mol. The molecule has 1 aromatic carbocycles. The lowest BCUT2D eigenvalue weighted by molar-refractivity contribution is -0.381. The Kier molecular flexibility index (Phi) is 7.06. The summed E-state index contributed by atoms with van der Waals surface area (Å²) in [5, 5.41) is 10.5. The Morgan fingerprint density at radius 2 is 1.97 bits per heavy atom. The number of benzene rings is 1. The van der Waals surface area contributed by atoms with Crippen LogP contribution in [0.4, 0.5) is 0 Å². The largest absolute Gasteiger partial charge is 0.481 e. The van der Waals surface area contributed by atoms with E-state index in [0.717, 1.165) is 5.56 Å². The van der Waals surface area contributed by atoms with E-state index in [2.05, 4.69) is 0 Å². The van der Waals surface area contributed by atoms with Crippen LogP contribution in [0.15, 0.2) is 65.8 Å². The molecule has 0 bridgehead atoms. The number of esters is 1. The molecule has 1 fully saturated rings. The summed E-state index contributed by atoms with van der Waals surface area (Å²) in [5.41, 5.74) is 0.811. The van der Waals surface area contributed by atoms with E-state index in [0.29, 0.717) is 18.8 Å². The number of aliphatic hydroxyl groups is 1. The number of likely N-dealkylation sites (tertiary alicyclic amines) is 1. The minimum atomic E-state index is -0.940. The number of aldehydes is 1. The van der Waals surface area contributed by atoms with Crippen molar-refractivity contribution in [3.8, 4) is 0 Å². The van der Waals surface area contributed by atoms with Gasteiger partial charge in [0.15, 0.2) is 0 Å². The molecule has 7 nitrogen and oxygen atoms in total. The monoisotopic (exact) mass is 412 g/mol. The maximum atomic E-state index is 13.4. The number of hydrogen-bond acceptors (Lipinski definition) is 5. The van der Waals surface area contributed by atoms with Gasteiger partial charge in [-0.05, 0) is 19.4 Å². The maximum absolute atomic E-state index is 13.4.